The Labute approximate surface area is 162 Å². The van der Waals surface area contributed by atoms with Crippen LogP contribution in [-0.4, -0.2) is 34.5 Å². The molecule has 1 unspecified atom stereocenters. The van der Waals surface area contributed by atoms with E-state index < -0.39 is 0 Å². The molecule has 0 saturated carbocycles. The third kappa shape index (κ3) is 4.02. The van der Waals surface area contributed by atoms with E-state index in [4.69, 9.17) is 4.42 Å². The van der Waals surface area contributed by atoms with Crippen LogP contribution in [-0.2, 0) is 0 Å². The average Bonchev–Trinajstić information content (AvgIpc) is 3.40. The lowest BCUT2D eigenvalue weighted by molar-refractivity contribution is 0.172. The molecule has 7 heteroatoms. The fraction of sp³-hybridized carbons (Fsp3) is 0.350. The van der Waals surface area contributed by atoms with E-state index in [9.17, 15) is 5.26 Å². The van der Waals surface area contributed by atoms with Crippen molar-refractivity contribution in [2.45, 2.75) is 25.3 Å². The first-order valence-electron chi connectivity index (χ1n) is 9.18. The maximum atomic E-state index is 9.44. The SMILES string of the molecule is N#Cc1nc(-c2cccnc2)oc1NCC(c1cccs1)N1CCCCC1. The van der Waals surface area contributed by atoms with Crippen LogP contribution in [0.3, 0.4) is 0 Å². The lowest BCUT2D eigenvalue weighted by Crippen LogP contribution is -2.36. The highest BCUT2D eigenvalue weighted by molar-refractivity contribution is 7.10. The molecule has 0 spiro atoms. The minimum absolute atomic E-state index is 0.267. The predicted molar refractivity (Wildman–Crippen MR) is 105 cm³/mol. The van der Waals surface area contributed by atoms with Crippen LogP contribution >= 0.6 is 11.3 Å². The number of nitrogens with one attached hydrogen (secondary N) is 1. The number of likely N-dealkylation sites (tertiary alicyclic amines) is 1. The van der Waals surface area contributed by atoms with Gasteiger partial charge in [-0.25, -0.2) is 0 Å². The molecule has 1 aliphatic heterocycles. The molecule has 0 radical (unpaired) electrons. The van der Waals surface area contributed by atoms with E-state index in [1.165, 1.54) is 24.1 Å². The number of oxazole rings is 1. The molecule has 4 heterocycles. The predicted octanol–water partition coefficient (Wildman–Crippen LogP) is 4.31. The van der Waals surface area contributed by atoms with Crippen molar-refractivity contribution in [2.75, 3.05) is 25.0 Å². The van der Waals surface area contributed by atoms with E-state index in [-0.39, 0.29) is 11.7 Å². The molecule has 27 heavy (non-hydrogen) atoms. The number of pyridine rings is 1. The summed E-state index contributed by atoms with van der Waals surface area (Å²) in [5.74, 6) is 0.836. The van der Waals surface area contributed by atoms with E-state index in [1.807, 2.05) is 12.1 Å². The van der Waals surface area contributed by atoms with E-state index in [0.717, 1.165) is 18.7 Å². The monoisotopic (exact) mass is 379 g/mol. The van der Waals surface area contributed by atoms with Crippen LogP contribution in [0, 0.1) is 11.3 Å². The number of piperidine rings is 1. The first-order chi connectivity index (χ1) is 13.3. The molecule has 4 rings (SSSR count). The first kappa shape index (κ1) is 17.7. The molecular formula is C20H21N5OS. The van der Waals surface area contributed by atoms with Crippen LogP contribution in [0.15, 0.2) is 46.5 Å². The van der Waals surface area contributed by atoms with Crippen molar-refractivity contribution in [2.24, 2.45) is 0 Å². The van der Waals surface area contributed by atoms with E-state index in [0.29, 0.717) is 18.3 Å². The highest BCUT2D eigenvalue weighted by Gasteiger charge is 2.24. The minimum atomic E-state index is 0.267. The van der Waals surface area contributed by atoms with Gasteiger partial charge in [-0.3, -0.25) is 9.88 Å². The highest BCUT2D eigenvalue weighted by Crippen LogP contribution is 2.30. The Morgan fingerprint density at radius 2 is 2.15 bits per heavy atom. The molecule has 0 aromatic carbocycles. The van der Waals surface area contributed by atoms with E-state index in [2.05, 4.69) is 43.8 Å². The zero-order valence-corrected chi connectivity index (χ0v) is 15.8. The number of nitriles is 1. The van der Waals surface area contributed by atoms with Crippen molar-refractivity contribution >= 4 is 17.2 Å². The maximum absolute atomic E-state index is 9.44. The van der Waals surface area contributed by atoms with Crippen molar-refractivity contribution < 1.29 is 4.42 Å². The largest absolute Gasteiger partial charge is 0.419 e. The third-order valence-electron chi connectivity index (χ3n) is 4.80. The standard InChI is InChI=1S/C20H21N5OS/c21-12-16-20(26-19(24-16)15-6-4-8-22-13-15)23-14-17(18-7-5-11-27-18)25-9-2-1-3-10-25/h4-8,11,13,17,23H,1-3,9-10,14H2. The Morgan fingerprint density at radius 1 is 1.26 bits per heavy atom. The Hall–Kier alpha value is -2.69. The molecule has 0 bridgehead atoms. The molecule has 0 amide bonds. The van der Waals surface area contributed by atoms with Gasteiger partial charge in [0.25, 0.3) is 0 Å². The van der Waals surface area contributed by atoms with Crippen molar-refractivity contribution in [3.05, 3.63) is 52.6 Å². The fourth-order valence-corrected chi connectivity index (χ4v) is 4.30. The summed E-state index contributed by atoms with van der Waals surface area (Å²) >= 11 is 1.77. The van der Waals surface area contributed by atoms with Crippen LogP contribution < -0.4 is 5.32 Å². The lowest BCUT2D eigenvalue weighted by Gasteiger charge is -2.34. The molecule has 1 atom stereocenters. The van der Waals surface area contributed by atoms with E-state index in [1.54, 1.807) is 23.7 Å². The summed E-state index contributed by atoms with van der Waals surface area (Å²) in [6.07, 6.45) is 7.15. The minimum Gasteiger partial charge on any atom is -0.419 e. The van der Waals surface area contributed by atoms with Gasteiger partial charge in [-0.2, -0.15) is 10.2 Å². The Morgan fingerprint density at radius 3 is 2.85 bits per heavy atom. The fourth-order valence-electron chi connectivity index (χ4n) is 3.44. The van der Waals surface area contributed by atoms with Crippen LogP contribution in [0.1, 0.15) is 35.9 Å². The molecule has 0 aliphatic carbocycles. The van der Waals surface area contributed by atoms with Gasteiger partial charge in [-0.05, 0) is 49.5 Å². The van der Waals surface area contributed by atoms with Gasteiger partial charge < -0.3 is 9.73 Å². The molecule has 6 nitrogen and oxygen atoms in total. The van der Waals surface area contributed by atoms with Gasteiger partial charge in [0.2, 0.25) is 17.5 Å². The molecule has 1 aliphatic rings. The normalized spacial score (nSPS) is 16.0. The average molecular weight is 379 g/mol. The van der Waals surface area contributed by atoms with Crippen molar-refractivity contribution in [1.29, 1.82) is 5.26 Å². The van der Waals surface area contributed by atoms with Gasteiger partial charge in [0.05, 0.1) is 11.6 Å². The summed E-state index contributed by atoms with van der Waals surface area (Å²) in [6, 6.07) is 10.3. The van der Waals surface area contributed by atoms with Crippen LogP contribution in [0.5, 0.6) is 0 Å². The number of hydrogen-bond donors (Lipinski definition) is 1. The molecule has 1 saturated heterocycles. The summed E-state index contributed by atoms with van der Waals surface area (Å²) in [5.41, 5.74) is 1.03. The molecule has 1 fully saturated rings. The number of anilines is 1. The zero-order chi connectivity index (χ0) is 18.5. The van der Waals surface area contributed by atoms with Crippen LogP contribution in [0.25, 0.3) is 11.5 Å². The molecule has 138 valence electrons. The second-order valence-corrected chi connectivity index (χ2v) is 7.54. The number of rotatable bonds is 6. The summed E-state index contributed by atoms with van der Waals surface area (Å²) in [7, 11) is 0. The van der Waals surface area contributed by atoms with Crippen LogP contribution in [0.4, 0.5) is 5.88 Å². The molecule has 3 aromatic rings. The summed E-state index contributed by atoms with van der Waals surface area (Å²) < 4.78 is 5.85. The topological polar surface area (TPSA) is 78.0 Å². The Kier molecular flexibility index (Phi) is 5.47. The van der Waals surface area contributed by atoms with Gasteiger partial charge >= 0.3 is 0 Å². The second kappa shape index (κ2) is 8.33. The Balaban J connectivity index is 1.54. The lowest BCUT2D eigenvalue weighted by atomic mass is 10.1. The van der Waals surface area contributed by atoms with Gasteiger partial charge in [-0.15, -0.1) is 11.3 Å². The highest BCUT2D eigenvalue weighted by atomic mass is 32.1. The van der Waals surface area contributed by atoms with Gasteiger partial charge in [0.15, 0.2) is 0 Å². The van der Waals surface area contributed by atoms with Gasteiger partial charge in [-0.1, -0.05) is 12.5 Å². The Bertz CT molecular complexity index is 894. The summed E-state index contributed by atoms with van der Waals surface area (Å²) in [4.78, 5) is 12.2. The number of hydrogen-bond acceptors (Lipinski definition) is 7. The first-order valence-corrected chi connectivity index (χ1v) is 10.1. The zero-order valence-electron chi connectivity index (χ0n) is 15.0. The second-order valence-electron chi connectivity index (χ2n) is 6.56. The quantitative estimate of drug-likeness (QED) is 0.688. The van der Waals surface area contributed by atoms with Crippen molar-refractivity contribution in [3.8, 4) is 17.5 Å². The van der Waals surface area contributed by atoms with Crippen LogP contribution in [0.2, 0.25) is 0 Å². The molecular weight excluding hydrogens is 358 g/mol. The molecule has 3 aromatic heterocycles. The van der Waals surface area contributed by atoms with Crippen molar-refractivity contribution in [3.63, 3.8) is 0 Å². The number of thiophene rings is 1. The number of nitrogens with zero attached hydrogens (tertiary/aromatic N) is 4. The van der Waals surface area contributed by atoms with Crippen molar-refractivity contribution in [1.82, 2.24) is 14.9 Å². The third-order valence-corrected chi connectivity index (χ3v) is 5.77. The van der Waals surface area contributed by atoms with Gasteiger partial charge in [0, 0.05) is 23.8 Å². The molecule has 1 N–H and O–H groups in total. The maximum Gasteiger partial charge on any atom is 0.232 e. The summed E-state index contributed by atoms with van der Waals surface area (Å²) in [6.45, 7) is 2.89. The smallest absolute Gasteiger partial charge is 0.232 e. The number of aromatic nitrogens is 2. The van der Waals surface area contributed by atoms with Gasteiger partial charge in [0.1, 0.15) is 6.07 Å². The summed E-state index contributed by atoms with van der Waals surface area (Å²) in [5, 5.41) is 14.9. The van der Waals surface area contributed by atoms with E-state index >= 15 is 0 Å².